The van der Waals surface area contributed by atoms with Crippen LogP contribution in [0.25, 0.3) is 111 Å². The van der Waals surface area contributed by atoms with E-state index in [2.05, 4.69) is 215 Å². The van der Waals surface area contributed by atoms with Crippen LogP contribution in [0.4, 0.5) is 0 Å². The average molecular weight is 765 g/mol. The van der Waals surface area contributed by atoms with Gasteiger partial charge in [0, 0.05) is 49.6 Å². The van der Waals surface area contributed by atoms with Crippen LogP contribution in [-0.4, -0.2) is 19.1 Å². The normalized spacial score (nSPS) is 11.7. The van der Waals surface area contributed by atoms with Crippen molar-refractivity contribution in [2.75, 3.05) is 0 Å². The Bertz CT molecular complexity index is 3530. The first-order chi connectivity index (χ1) is 29.8. The van der Waals surface area contributed by atoms with E-state index in [0.717, 1.165) is 61.3 Å². The molecule has 0 bridgehead atoms. The van der Waals surface area contributed by atoms with Crippen LogP contribution in [0.15, 0.2) is 218 Å². The van der Waals surface area contributed by atoms with E-state index in [4.69, 9.17) is 9.97 Å². The Balaban J connectivity index is 1.07. The lowest BCUT2D eigenvalue weighted by molar-refractivity contribution is 1.18. The van der Waals surface area contributed by atoms with Crippen LogP contribution in [0.5, 0.6) is 0 Å². The second-order valence-electron chi connectivity index (χ2n) is 15.4. The molecule has 3 aromatic heterocycles. The second-order valence-corrected chi connectivity index (χ2v) is 15.4. The van der Waals surface area contributed by atoms with Crippen molar-refractivity contribution in [3.63, 3.8) is 0 Å². The summed E-state index contributed by atoms with van der Waals surface area (Å²) in [6, 6.07) is 77.9. The Kier molecular flexibility index (Phi) is 7.82. The van der Waals surface area contributed by atoms with Gasteiger partial charge in [-0.15, -0.1) is 0 Å². The SMILES string of the molecule is c1ccc(-c2cccc(-n3c4ccccc4c4ccc5c(c6ccccc6n5-c5ccc6c(-c7nc(-c8ccccc8)cc(-c8ccccc8)n7)cccc6c5)c43)c2)cc1. The number of rotatable bonds is 6. The van der Waals surface area contributed by atoms with Gasteiger partial charge in [0.15, 0.2) is 5.82 Å². The van der Waals surface area contributed by atoms with Gasteiger partial charge in [0.2, 0.25) is 0 Å². The predicted molar refractivity (Wildman–Crippen MR) is 250 cm³/mol. The lowest BCUT2D eigenvalue weighted by atomic mass is 10.0. The van der Waals surface area contributed by atoms with Gasteiger partial charge in [-0.25, -0.2) is 9.97 Å². The lowest BCUT2D eigenvalue weighted by Crippen LogP contribution is -1.97. The molecule has 0 saturated carbocycles. The molecule has 0 amide bonds. The molecule has 4 nitrogen and oxygen atoms in total. The molecule has 0 aliphatic rings. The first-order valence-electron chi connectivity index (χ1n) is 20.4. The lowest BCUT2D eigenvalue weighted by Gasteiger charge is -2.13. The highest BCUT2D eigenvalue weighted by Crippen LogP contribution is 2.43. The zero-order chi connectivity index (χ0) is 39.6. The summed E-state index contributed by atoms with van der Waals surface area (Å²) in [6.45, 7) is 0. The summed E-state index contributed by atoms with van der Waals surface area (Å²) in [7, 11) is 0. The van der Waals surface area contributed by atoms with Crippen molar-refractivity contribution in [2.24, 2.45) is 0 Å². The number of fused-ring (bicyclic) bond motifs is 8. The van der Waals surface area contributed by atoms with Crippen molar-refractivity contribution in [3.8, 4) is 56.4 Å². The van der Waals surface area contributed by atoms with E-state index in [-0.39, 0.29) is 0 Å². The highest BCUT2D eigenvalue weighted by Gasteiger charge is 2.21. The van der Waals surface area contributed by atoms with Crippen LogP contribution in [0, 0.1) is 0 Å². The summed E-state index contributed by atoms with van der Waals surface area (Å²) < 4.78 is 4.90. The Hall–Kier alpha value is -8.08. The summed E-state index contributed by atoms with van der Waals surface area (Å²) in [5, 5.41) is 7.16. The molecule has 280 valence electrons. The largest absolute Gasteiger partial charge is 0.309 e. The molecule has 0 atom stereocenters. The van der Waals surface area contributed by atoms with Gasteiger partial charge in [-0.3, -0.25) is 0 Å². The minimum absolute atomic E-state index is 0.706. The molecule has 12 rings (SSSR count). The quantitative estimate of drug-likeness (QED) is 0.169. The average Bonchev–Trinajstić information content (AvgIpc) is 3.85. The first kappa shape index (κ1) is 34.0. The summed E-state index contributed by atoms with van der Waals surface area (Å²) >= 11 is 0. The minimum atomic E-state index is 0.706. The molecule has 0 aliphatic carbocycles. The van der Waals surface area contributed by atoms with Gasteiger partial charge < -0.3 is 9.13 Å². The van der Waals surface area contributed by atoms with Gasteiger partial charge in [-0.2, -0.15) is 0 Å². The van der Waals surface area contributed by atoms with Gasteiger partial charge in [0.1, 0.15) is 0 Å². The third-order valence-electron chi connectivity index (χ3n) is 11.9. The Morgan fingerprint density at radius 2 is 0.883 bits per heavy atom. The summed E-state index contributed by atoms with van der Waals surface area (Å²) in [4.78, 5) is 10.4. The number of hydrogen-bond acceptors (Lipinski definition) is 2. The van der Waals surface area contributed by atoms with E-state index in [9.17, 15) is 0 Å². The fourth-order valence-electron chi connectivity index (χ4n) is 9.20. The van der Waals surface area contributed by atoms with Crippen LogP contribution in [0.1, 0.15) is 0 Å². The first-order valence-corrected chi connectivity index (χ1v) is 20.4. The Labute approximate surface area is 346 Å². The zero-order valence-electron chi connectivity index (χ0n) is 32.6. The molecule has 0 spiro atoms. The molecule has 3 heterocycles. The van der Waals surface area contributed by atoms with E-state index in [1.165, 1.54) is 43.7 Å². The van der Waals surface area contributed by atoms with Gasteiger partial charge >= 0.3 is 0 Å². The monoisotopic (exact) mass is 764 g/mol. The summed E-state index contributed by atoms with van der Waals surface area (Å²) in [6.07, 6.45) is 0. The maximum atomic E-state index is 5.19. The highest BCUT2D eigenvalue weighted by atomic mass is 15.0. The summed E-state index contributed by atoms with van der Waals surface area (Å²) in [5.41, 5.74) is 14.3. The molecular weight excluding hydrogens is 729 g/mol. The zero-order valence-corrected chi connectivity index (χ0v) is 32.6. The van der Waals surface area contributed by atoms with E-state index in [1.807, 2.05) is 12.1 Å². The van der Waals surface area contributed by atoms with Crippen molar-refractivity contribution in [1.82, 2.24) is 19.1 Å². The molecular formula is C56H36N4. The number of nitrogens with zero attached hydrogens (tertiary/aromatic N) is 4. The molecule has 0 fully saturated rings. The molecule has 4 heteroatoms. The molecule has 0 N–H and O–H groups in total. The molecule has 0 unspecified atom stereocenters. The van der Waals surface area contributed by atoms with Crippen molar-refractivity contribution in [3.05, 3.63) is 218 Å². The predicted octanol–water partition coefficient (Wildman–Crippen LogP) is 14.5. The number of para-hydroxylation sites is 2. The number of benzene rings is 9. The standard InChI is InChI=1S/C56H36N4/c1-4-16-37(17-5-1)40-22-14-24-42(34-40)60-51-28-12-10-25-45(51)46-32-33-53-54(55(46)60)48-26-11-13-29-52(48)59(53)43-30-31-44-41(35-43)23-15-27-47(44)56-57-49(38-18-6-2-7-19-38)36-50(58-56)39-20-8-3-9-21-39/h1-36H. The van der Waals surface area contributed by atoms with E-state index in [0.29, 0.717) is 5.82 Å². The number of hydrogen-bond donors (Lipinski definition) is 0. The molecule has 12 aromatic rings. The van der Waals surface area contributed by atoms with E-state index in [1.54, 1.807) is 0 Å². The maximum absolute atomic E-state index is 5.19. The topological polar surface area (TPSA) is 35.6 Å². The highest BCUT2D eigenvalue weighted by molar-refractivity contribution is 6.26. The Morgan fingerprint density at radius 1 is 0.317 bits per heavy atom. The van der Waals surface area contributed by atoms with E-state index < -0.39 is 0 Å². The molecule has 0 aliphatic heterocycles. The van der Waals surface area contributed by atoms with Crippen molar-refractivity contribution in [1.29, 1.82) is 0 Å². The fraction of sp³-hybridized carbons (Fsp3) is 0. The summed E-state index contributed by atoms with van der Waals surface area (Å²) in [5.74, 6) is 0.706. The Morgan fingerprint density at radius 3 is 1.60 bits per heavy atom. The van der Waals surface area contributed by atoms with Gasteiger partial charge in [-0.1, -0.05) is 170 Å². The molecule has 0 radical (unpaired) electrons. The van der Waals surface area contributed by atoms with E-state index >= 15 is 0 Å². The third kappa shape index (κ3) is 5.46. The third-order valence-corrected chi connectivity index (χ3v) is 11.9. The van der Waals surface area contributed by atoms with Crippen LogP contribution in [0.3, 0.4) is 0 Å². The van der Waals surface area contributed by atoms with Crippen LogP contribution in [0.2, 0.25) is 0 Å². The number of aromatic nitrogens is 4. The van der Waals surface area contributed by atoms with Crippen LogP contribution in [-0.2, 0) is 0 Å². The van der Waals surface area contributed by atoms with Gasteiger partial charge in [-0.05, 0) is 70.4 Å². The molecule has 60 heavy (non-hydrogen) atoms. The maximum Gasteiger partial charge on any atom is 0.161 e. The molecule has 0 saturated heterocycles. The molecule has 9 aromatic carbocycles. The smallest absolute Gasteiger partial charge is 0.161 e. The van der Waals surface area contributed by atoms with Crippen molar-refractivity contribution < 1.29 is 0 Å². The van der Waals surface area contributed by atoms with Gasteiger partial charge in [0.25, 0.3) is 0 Å². The minimum Gasteiger partial charge on any atom is -0.309 e. The van der Waals surface area contributed by atoms with Crippen LogP contribution < -0.4 is 0 Å². The second kappa shape index (κ2) is 13.8. The fourth-order valence-corrected chi connectivity index (χ4v) is 9.20. The van der Waals surface area contributed by atoms with Crippen molar-refractivity contribution in [2.45, 2.75) is 0 Å². The van der Waals surface area contributed by atoms with Crippen molar-refractivity contribution >= 4 is 54.4 Å². The van der Waals surface area contributed by atoms with Gasteiger partial charge in [0.05, 0.1) is 33.5 Å². The van der Waals surface area contributed by atoms with Crippen LogP contribution >= 0.6 is 0 Å².